The number of carbonyl (C=O) groups excluding carboxylic acids is 2. The lowest BCUT2D eigenvalue weighted by Gasteiger charge is -2.36. The SMILES string of the molecule is CCS(=O)(=O)c1ccc(CC(=O)Nc2ccc3c(n2)C(C)CC(C)(c2nccn4ccnc24)C3=O)cc1. The van der Waals surface area contributed by atoms with Crippen molar-refractivity contribution in [2.45, 2.75) is 49.8 Å². The molecule has 190 valence electrons. The van der Waals surface area contributed by atoms with E-state index in [1.165, 1.54) is 12.1 Å². The molecule has 1 amide bonds. The van der Waals surface area contributed by atoms with E-state index in [0.29, 0.717) is 40.4 Å². The number of fused-ring (bicyclic) bond motifs is 2. The minimum absolute atomic E-state index is 0.0203. The van der Waals surface area contributed by atoms with E-state index in [0.717, 1.165) is 0 Å². The van der Waals surface area contributed by atoms with Gasteiger partial charge in [-0.05, 0) is 43.2 Å². The van der Waals surface area contributed by atoms with Crippen LogP contribution in [0.3, 0.4) is 0 Å². The number of aromatic nitrogens is 4. The molecule has 0 radical (unpaired) electrons. The van der Waals surface area contributed by atoms with Gasteiger partial charge in [-0.15, -0.1) is 0 Å². The van der Waals surface area contributed by atoms with Crippen molar-refractivity contribution in [3.63, 3.8) is 0 Å². The lowest BCUT2D eigenvalue weighted by molar-refractivity contribution is -0.115. The zero-order valence-electron chi connectivity index (χ0n) is 20.8. The summed E-state index contributed by atoms with van der Waals surface area (Å²) in [7, 11) is -3.29. The maximum Gasteiger partial charge on any atom is 0.229 e. The number of Topliss-reactive ketones (excluding diaryl/α,β-unsaturated/α-hetero) is 1. The van der Waals surface area contributed by atoms with E-state index in [1.807, 2.05) is 24.4 Å². The third-order valence-corrected chi connectivity index (χ3v) is 8.73. The average molecular weight is 518 g/mol. The van der Waals surface area contributed by atoms with E-state index in [4.69, 9.17) is 0 Å². The van der Waals surface area contributed by atoms with Gasteiger partial charge in [-0.1, -0.05) is 26.0 Å². The third-order valence-electron chi connectivity index (χ3n) is 6.98. The largest absolute Gasteiger partial charge is 0.310 e. The van der Waals surface area contributed by atoms with Crippen molar-refractivity contribution < 1.29 is 18.0 Å². The summed E-state index contributed by atoms with van der Waals surface area (Å²) in [6, 6.07) is 9.65. The normalized spacial score (nSPS) is 19.5. The number of benzene rings is 1. The van der Waals surface area contributed by atoms with E-state index < -0.39 is 15.3 Å². The molecular weight excluding hydrogens is 490 g/mol. The van der Waals surface area contributed by atoms with Crippen LogP contribution < -0.4 is 5.32 Å². The van der Waals surface area contributed by atoms with Crippen LogP contribution >= 0.6 is 0 Å². The topological polar surface area (TPSA) is 123 Å². The quantitative estimate of drug-likeness (QED) is 0.413. The van der Waals surface area contributed by atoms with E-state index in [-0.39, 0.29) is 34.7 Å². The Morgan fingerprint density at radius 2 is 1.81 bits per heavy atom. The summed E-state index contributed by atoms with van der Waals surface area (Å²) in [6.45, 7) is 5.51. The molecule has 5 rings (SSSR count). The van der Waals surface area contributed by atoms with Crippen LogP contribution in [-0.4, -0.2) is 45.2 Å². The van der Waals surface area contributed by atoms with Gasteiger partial charge >= 0.3 is 0 Å². The summed E-state index contributed by atoms with van der Waals surface area (Å²) in [5.41, 5.74) is 2.28. The van der Waals surface area contributed by atoms with Crippen molar-refractivity contribution in [1.82, 2.24) is 19.4 Å². The third kappa shape index (κ3) is 4.42. The second-order valence-corrected chi connectivity index (χ2v) is 11.9. The average Bonchev–Trinajstić information content (AvgIpc) is 3.37. The number of ketones is 1. The standard InChI is InChI=1S/C27H27N5O4S/c1-4-37(35,36)19-7-5-18(6-8-19)15-22(33)30-21-10-9-20-23(31-21)17(2)16-27(3,25(20)34)24-26-29-12-14-32(26)13-11-28-24/h5-14,17H,4,15-16H2,1-3H3,(H,30,31,33). The minimum atomic E-state index is -3.29. The molecule has 9 nitrogen and oxygen atoms in total. The van der Waals surface area contributed by atoms with Gasteiger partial charge in [0.2, 0.25) is 5.91 Å². The van der Waals surface area contributed by atoms with E-state index >= 15 is 0 Å². The van der Waals surface area contributed by atoms with Gasteiger partial charge in [-0.3, -0.25) is 14.6 Å². The fourth-order valence-electron chi connectivity index (χ4n) is 5.01. The molecule has 1 N–H and O–H groups in total. The van der Waals surface area contributed by atoms with Crippen molar-refractivity contribution in [2.24, 2.45) is 0 Å². The summed E-state index contributed by atoms with van der Waals surface area (Å²) < 4.78 is 25.8. The molecule has 0 fully saturated rings. The summed E-state index contributed by atoms with van der Waals surface area (Å²) in [4.78, 5) is 40.2. The molecule has 0 spiro atoms. The highest BCUT2D eigenvalue weighted by Crippen LogP contribution is 2.43. The Morgan fingerprint density at radius 3 is 2.51 bits per heavy atom. The van der Waals surface area contributed by atoms with Crippen LogP contribution in [0.25, 0.3) is 5.65 Å². The number of rotatable bonds is 6. The first-order chi connectivity index (χ1) is 17.6. The van der Waals surface area contributed by atoms with E-state index in [9.17, 15) is 18.0 Å². The lowest BCUT2D eigenvalue weighted by Crippen LogP contribution is -2.40. The summed E-state index contributed by atoms with van der Waals surface area (Å²) >= 11 is 0. The lowest BCUT2D eigenvalue weighted by atomic mass is 9.67. The zero-order valence-corrected chi connectivity index (χ0v) is 21.6. The Morgan fingerprint density at radius 1 is 1.11 bits per heavy atom. The van der Waals surface area contributed by atoms with E-state index in [1.54, 1.807) is 49.8 Å². The number of anilines is 1. The monoisotopic (exact) mass is 517 g/mol. The van der Waals surface area contributed by atoms with Crippen LogP contribution in [0.2, 0.25) is 0 Å². The summed E-state index contributed by atoms with van der Waals surface area (Å²) in [5.74, 6) is -0.0257. The van der Waals surface area contributed by atoms with Crippen molar-refractivity contribution in [1.29, 1.82) is 0 Å². The molecule has 37 heavy (non-hydrogen) atoms. The van der Waals surface area contributed by atoms with Crippen molar-refractivity contribution in [3.8, 4) is 0 Å². The Kier molecular flexibility index (Phi) is 6.15. The minimum Gasteiger partial charge on any atom is -0.310 e. The molecule has 1 aliphatic rings. The highest BCUT2D eigenvalue weighted by atomic mass is 32.2. The summed E-state index contributed by atoms with van der Waals surface area (Å²) in [6.07, 6.45) is 7.57. The number of nitrogens with one attached hydrogen (secondary N) is 1. The van der Waals surface area contributed by atoms with Crippen LogP contribution in [0, 0.1) is 0 Å². The first kappa shape index (κ1) is 24.8. The van der Waals surface area contributed by atoms with Crippen LogP contribution in [0.4, 0.5) is 5.82 Å². The molecule has 2 atom stereocenters. The van der Waals surface area contributed by atoms with Crippen LogP contribution in [-0.2, 0) is 26.5 Å². The number of sulfone groups is 1. The number of hydrogen-bond donors (Lipinski definition) is 1. The van der Waals surface area contributed by atoms with Gasteiger partial charge in [0.15, 0.2) is 21.3 Å². The van der Waals surface area contributed by atoms with Gasteiger partial charge in [0.1, 0.15) is 5.82 Å². The number of carbonyl (C=O) groups is 2. The zero-order chi connectivity index (χ0) is 26.4. The van der Waals surface area contributed by atoms with Crippen molar-refractivity contribution >= 4 is 33.0 Å². The fraction of sp³-hybridized carbons (Fsp3) is 0.296. The van der Waals surface area contributed by atoms with Crippen LogP contribution in [0.15, 0.2) is 66.1 Å². The molecule has 0 bridgehead atoms. The maximum absolute atomic E-state index is 13.7. The highest BCUT2D eigenvalue weighted by molar-refractivity contribution is 7.91. The molecule has 0 saturated heterocycles. The number of hydrogen-bond acceptors (Lipinski definition) is 7. The van der Waals surface area contributed by atoms with Crippen molar-refractivity contribution in [3.05, 3.63) is 83.7 Å². The Bertz CT molecular complexity index is 1630. The first-order valence-electron chi connectivity index (χ1n) is 12.1. The van der Waals surface area contributed by atoms with Crippen LogP contribution in [0.5, 0.6) is 0 Å². The molecular formula is C27H27N5O4S. The van der Waals surface area contributed by atoms with Gasteiger partial charge < -0.3 is 9.72 Å². The van der Waals surface area contributed by atoms with Gasteiger partial charge in [0, 0.05) is 36.3 Å². The Balaban J connectivity index is 1.35. The molecule has 4 aromatic rings. The second-order valence-electron chi connectivity index (χ2n) is 9.60. The number of amides is 1. The Labute approximate surface area is 214 Å². The first-order valence-corrected chi connectivity index (χ1v) is 13.7. The van der Waals surface area contributed by atoms with Gasteiger partial charge in [0.05, 0.1) is 33.9 Å². The number of nitrogens with zero attached hydrogens (tertiary/aromatic N) is 4. The molecule has 10 heteroatoms. The van der Waals surface area contributed by atoms with Gasteiger partial charge in [-0.2, -0.15) is 0 Å². The molecule has 1 aliphatic carbocycles. The molecule has 0 aliphatic heterocycles. The van der Waals surface area contributed by atoms with Crippen LogP contribution in [0.1, 0.15) is 60.4 Å². The molecule has 0 saturated carbocycles. The summed E-state index contributed by atoms with van der Waals surface area (Å²) in [5, 5.41) is 2.80. The van der Waals surface area contributed by atoms with Gasteiger partial charge in [-0.25, -0.2) is 18.4 Å². The van der Waals surface area contributed by atoms with Gasteiger partial charge in [0.25, 0.3) is 0 Å². The predicted molar refractivity (Wildman–Crippen MR) is 138 cm³/mol. The predicted octanol–water partition coefficient (Wildman–Crippen LogP) is 3.75. The second kappa shape index (κ2) is 9.19. The smallest absolute Gasteiger partial charge is 0.229 e. The number of pyridine rings is 1. The molecule has 2 unspecified atom stereocenters. The Hall–Kier alpha value is -3.92. The highest BCUT2D eigenvalue weighted by Gasteiger charge is 2.46. The number of imidazole rings is 1. The molecule has 3 heterocycles. The fourth-order valence-corrected chi connectivity index (χ4v) is 5.90. The molecule has 1 aromatic carbocycles. The van der Waals surface area contributed by atoms with E-state index in [2.05, 4.69) is 20.3 Å². The molecule has 3 aromatic heterocycles. The van der Waals surface area contributed by atoms with Crippen molar-refractivity contribution in [2.75, 3.05) is 11.1 Å². The maximum atomic E-state index is 13.7.